The number of benzene rings is 3. The van der Waals surface area contributed by atoms with Gasteiger partial charge in [-0.15, -0.1) is 0 Å². The van der Waals surface area contributed by atoms with Gasteiger partial charge in [0.2, 0.25) is 5.89 Å². The summed E-state index contributed by atoms with van der Waals surface area (Å²) in [5, 5.41) is 9.39. The number of hydrogen-bond acceptors (Lipinski definition) is 6. The summed E-state index contributed by atoms with van der Waals surface area (Å²) in [6.07, 6.45) is 0. The molecule has 0 unspecified atom stereocenters. The van der Waals surface area contributed by atoms with Gasteiger partial charge in [0.25, 0.3) is 0 Å². The molecule has 0 aliphatic rings. The highest BCUT2D eigenvalue weighted by Gasteiger charge is 2.29. The monoisotopic (exact) mass is 602 g/mol. The van der Waals surface area contributed by atoms with Crippen molar-refractivity contribution in [2.75, 3.05) is 0 Å². The van der Waals surface area contributed by atoms with Crippen LogP contribution in [-0.4, -0.2) is 36.1 Å². The van der Waals surface area contributed by atoms with Crippen LogP contribution in [0.15, 0.2) is 81.7 Å². The Bertz CT molecular complexity index is 1660. The van der Waals surface area contributed by atoms with Crippen LogP contribution in [0.25, 0.3) is 22.5 Å². The topological polar surface area (TPSA) is 93.6 Å². The lowest BCUT2D eigenvalue weighted by Gasteiger charge is -2.23. The molecular weight excluding hydrogens is 572 g/mol. The van der Waals surface area contributed by atoms with E-state index in [1.165, 1.54) is 13.8 Å². The van der Waals surface area contributed by atoms with Gasteiger partial charge >= 0.3 is 5.97 Å². The zero-order valence-electron chi connectivity index (χ0n) is 22.9. The van der Waals surface area contributed by atoms with Gasteiger partial charge in [-0.05, 0) is 68.8 Å². The van der Waals surface area contributed by atoms with Crippen LogP contribution in [0.5, 0.6) is 5.75 Å². The summed E-state index contributed by atoms with van der Waals surface area (Å²) in [4.78, 5) is 23.5. The Labute approximate surface area is 241 Å². The summed E-state index contributed by atoms with van der Waals surface area (Å²) in [5.41, 5.74) is 3.53. The van der Waals surface area contributed by atoms with Gasteiger partial charge in [0.15, 0.2) is 5.60 Å². The molecule has 0 saturated heterocycles. The average Bonchev–Trinajstić information content (AvgIpc) is 3.44. The number of aryl methyl sites for hydroxylation is 2. The van der Waals surface area contributed by atoms with E-state index in [4.69, 9.17) is 19.1 Å². The highest BCUT2D eigenvalue weighted by atomic mass is 79.9. The minimum absolute atomic E-state index is 0.504. The van der Waals surface area contributed by atoms with Crippen LogP contribution < -0.4 is 4.74 Å². The first-order valence-electron chi connectivity index (χ1n) is 13.0. The predicted molar refractivity (Wildman–Crippen MR) is 157 cm³/mol. The number of rotatable bonds is 10. The van der Waals surface area contributed by atoms with Crippen molar-refractivity contribution in [3.05, 3.63) is 100 Å². The Kier molecular flexibility index (Phi) is 7.78. The van der Waals surface area contributed by atoms with Gasteiger partial charge in [0, 0.05) is 30.2 Å². The molecule has 0 saturated carbocycles. The number of aliphatic carboxylic acids is 1. The Hall–Kier alpha value is -3.95. The maximum Gasteiger partial charge on any atom is 0.347 e. The molecule has 0 bridgehead atoms. The average molecular weight is 604 g/mol. The van der Waals surface area contributed by atoms with Gasteiger partial charge < -0.3 is 18.8 Å². The van der Waals surface area contributed by atoms with Crippen molar-refractivity contribution in [2.45, 2.75) is 46.0 Å². The van der Waals surface area contributed by atoms with Crippen LogP contribution in [0.2, 0.25) is 0 Å². The number of halogens is 1. The van der Waals surface area contributed by atoms with Gasteiger partial charge in [-0.1, -0.05) is 46.3 Å². The molecule has 0 amide bonds. The number of oxazole rings is 1. The van der Waals surface area contributed by atoms with Gasteiger partial charge in [-0.2, -0.15) is 0 Å². The molecule has 0 spiro atoms. The molecule has 1 N–H and O–H groups in total. The smallest absolute Gasteiger partial charge is 0.347 e. The lowest BCUT2D eigenvalue weighted by molar-refractivity contribution is -0.152. The van der Waals surface area contributed by atoms with Crippen LogP contribution >= 0.6 is 15.9 Å². The highest BCUT2D eigenvalue weighted by molar-refractivity contribution is 9.10. The van der Waals surface area contributed by atoms with E-state index >= 15 is 0 Å². The van der Waals surface area contributed by atoms with Crippen molar-refractivity contribution in [1.82, 2.24) is 19.4 Å². The van der Waals surface area contributed by atoms with E-state index in [1.54, 1.807) is 12.1 Å². The maximum absolute atomic E-state index is 11.5. The Balaban J connectivity index is 1.42. The summed E-state index contributed by atoms with van der Waals surface area (Å²) in [6, 6.07) is 23.5. The number of carbonyl (C=O) groups is 1. The number of aromatic nitrogens is 3. The van der Waals surface area contributed by atoms with Crippen LogP contribution in [0.1, 0.15) is 36.7 Å². The van der Waals surface area contributed by atoms with Gasteiger partial charge in [0.05, 0.1) is 23.3 Å². The molecule has 40 heavy (non-hydrogen) atoms. The molecule has 9 heteroatoms. The second-order valence-electron chi connectivity index (χ2n) is 10.3. The van der Waals surface area contributed by atoms with Crippen LogP contribution in [0.3, 0.4) is 0 Å². The molecule has 0 radical (unpaired) electrons. The third-order valence-corrected chi connectivity index (χ3v) is 7.29. The molecule has 206 valence electrons. The van der Waals surface area contributed by atoms with Crippen molar-refractivity contribution in [3.63, 3.8) is 0 Å². The first-order valence-corrected chi connectivity index (χ1v) is 13.7. The summed E-state index contributed by atoms with van der Waals surface area (Å²) in [7, 11) is 2.03. The van der Waals surface area contributed by atoms with E-state index in [-0.39, 0.29) is 0 Å². The Morgan fingerprint density at radius 1 is 1.02 bits per heavy atom. The van der Waals surface area contributed by atoms with Crippen molar-refractivity contribution in [1.29, 1.82) is 0 Å². The van der Waals surface area contributed by atoms with E-state index < -0.39 is 11.6 Å². The summed E-state index contributed by atoms with van der Waals surface area (Å²) in [6.45, 7) is 6.76. The third kappa shape index (κ3) is 6.11. The Morgan fingerprint density at radius 3 is 2.48 bits per heavy atom. The van der Waals surface area contributed by atoms with Crippen molar-refractivity contribution < 1.29 is 19.1 Å². The predicted octanol–water partition coefficient (Wildman–Crippen LogP) is 6.74. The first-order chi connectivity index (χ1) is 19.1. The van der Waals surface area contributed by atoms with E-state index in [1.807, 2.05) is 68.6 Å². The van der Waals surface area contributed by atoms with Gasteiger partial charge in [-0.25, -0.2) is 14.8 Å². The molecule has 3 aromatic carbocycles. The molecule has 5 rings (SSSR count). The summed E-state index contributed by atoms with van der Waals surface area (Å²) in [5.74, 6) is 1.78. The van der Waals surface area contributed by atoms with Crippen LogP contribution in [0, 0.1) is 6.92 Å². The molecular formula is C31H31BrN4O4. The first kappa shape index (κ1) is 27.6. The molecule has 0 atom stereocenters. The lowest BCUT2D eigenvalue weighted by Crippen LogP contribution is -2.37. The number of hydrogen-bond donors (Lipinski definition) is 1. The minimum Gasteiger partial charge on any atom is -0.478 e. The lowest BCUT2D eigenvalue weighted by atomic mass is 10.1. The third-order valence-electron chi connectivity index (χ3n) is 6.80. The summed E-state index contributed by atoms with van der Waals surface area (Å²) < 4.78 is 14.8. The number of fused-ring (bicyclic) bond motifs is 1. The molecule has 0 aliphatic carbocycles. The zero-order valence-corrected chi connectivity index (χ0v) is 24.5. The van der Waals surface area contributed by atoms with Crippen LogP contribution in [-0.2, 0) is 31.5 Å². The number of ether oxygens (including phenoxy) is 1. The number of nitrogens with zero attached hydrogens (tertiary/aromatic N) is 4. The highest BCUT2D eigenvalue weighted by Crippen LogP contribution is 2.27. The van der Waals surface area contributed by atoms with Crippen molar-refractivity contribution in [3.8, 4) is 17.2 Å². The van der Waals surface area contributed by atoms with Crippen molar-refractivity contribution >= 4 is 32.9 Å². The SMILES string of the molecule is Cc1oc(-c2cccc(Br)c2)nc1CN(Cc1ccc(OC(C)(C)C(=O)O)cc1)Cc1nc2ccccc2n1C. The Morgan fingerprint density at radius 2 is 1.77 bits per heavy atom. The molecule has 8 nitrogen and oxygen atoms in total. The quantitative estimate of drug-likeness (QED) is 0.189. The van der Waals surface area contributed by atoms with Gasteiger partial charge in [-0.3, -0.25) is 4.90 Å². The number of carboxylic acids is 1. The standard InChI is InChI=1S/C31H31BrN4O4/c1-20-26(34-29(39-20)22-8-7-9-23(32)16-22)18-36(19-28-33-25-10-5-6-11-27(25)35(28)4)17-21-12-14-24(15-13-21)40-31(2,3)30(37)38/h5-16H,17-19H2,1-4H3,(H,37,38). The second-order valence-corrected chi connectivity index (χ2v) is 11.2. The van der Waals surface area contributed by atoms with Crippen LogP contribution in [0.4, 0.5) is 0 Å². The number of carboxylic acid groups (broad SMARTS) is 1. The fourth-order valence-corrected chi connectivity index (χ4v) is 4.89. The summed E-state index contributed by atoms with van der Waals surface area (Å²) >= 11 is 3.52. The van der Waals surface area contributed by atoms with Gasteiger partial charge in [0.1, 0.15) is 17.3 Å². The van der Waals surface area contributed by atoms with Crippen molar-refractivity contribution in [2.24, 2.45) is 7.05 Å². The van der Waals surface area contributed by atoms with E-state index in [0.717, 1.165) is 43.9 Å². The largest absolute Gasteiger partial charge is 0.478 e. The fraction of sp³-hybridized carbons (Fsp3) is 0.258. The number of para-hydroxylation sites is 2. The van der Waals surface area contributed by atoms with E-state index in [0.29, 0.717) is 31.3 Å². The zero-order chi connectivity index (χ0) is 28.4. The van der Waals surface area contributed by atoms with E-state index in [2.05, 4.69) is 31.5 Å². The minimum atomic E-state index is -1.32. The molecule has 2 aromatic heterocycles. The molecule has 0 fully saturated rings. The number of imidazole rings is 1. The molecule has 5 aromatic rings. The second kappa shape index (κ2) is 11.3. The molecule has 2 heterocycles. The molecule has 0 aliphatic heterocycles. The maximum atomic E-state index is 11.5. The van der Waals surface area contributed by atoms with E-state index in [9.17, 15) is 9.90 Å². The fourth-order valence-electron chi connectivity index (χ4n) is 4.50. The normalized spacial score (nSPS) is 11.8.